The molecule has 0 aliphatic carbocycles. The van der Waals surface area contributed by atoms with Crippen LogP contribution in [0.4, 0.5) is 5.69 Å². The van der Waals surface area contributed by atoms with Gasteiger partial charge in [-0.2, -0.15) is 5.10 Å². The number of nitrogens with zero attached hydrogens (tertiary/aromatic N) is 2. The van der Waals surface area contributed by atoms with E-state index in [1.54, 1.807) is 30.3 Å². The molecular formula is C25H27ClN4O3. The number of amides is 2. The average Bonchev–Trinajstić information content (AvgIpc) is 3.06. The number of benzene rings is 2. The fourth-order valence-corrected chi connectivity index (χ4v) is 3.46. The Morgan fingerprint density at radius 3 is 2.55 bits per heavy atom. The molecule has 2 amide bonds. The second-order valence-electron chi connectivity index (χ2n) is 7.42. The summed E-state index contributed by atoms with van der Waals surface area (Å²) in [5.41, 5.74) is 4.28. The van der Waals surface area contributed by atoms with Crippen molar-refractivity contribution in [3.05, 3.63) is 82.1 Å². The van der Waals surface area contributed by atoms with Crippen LogP contribution in [0.1, 0.15) is 29.4 Å². The van der Waals surface area contributed by atoms with Crippen LogP contribution in [0.15, 0.2) is 54.6 Å². The summed E-state index contributed by atoms with van der Waals surface area (Å²) >= 11 is 6.27. The van der Waals surface area contributed by atoms with Crippen LogP contribution < -0.4 is 15.4 Å². The largest absolute Gasteiger partial charge is 0.484 e. The zero-order valence-corrected chi connectivity index (χ0v) is 19.6. The maximum atomic E-state index is 12.4. The highest BCUT2D eigenvalue weighted by Gasteiger charge is 2.11. The number of aryl methyl sites for hydroxylation is 1. The predicted octanol–water partition coefficient (Wildman–Crippen LogP) is 4.37. The minimum atomic E-state index is -0.261. The molecule has 3 aromatic rings. The van der Waals surface area contributed by atoms with Crippen LogP contribution in [0.25, 0.3) is 6.08 Å². The van der Waals surface area contributed by atoms with Crippen LogP contribution in [0.3, 0.4) is 0 Å². The highest BCUT2D eigenvalue weighted by atomic mass is 35.5. The summed E-state index contributed by atoms with van der Waals surface area (Å²) in [4.78, 5) is 23.9. The highest BCUT2D eigenvalue weighted by molar-refractivity contribution is 6.31. The Balaban J connectivity index is 1.60. The fraction of sp³-hybridized carbons (Fsp3) is 0.240. The molecule has 0 aliphatic rings. The lowest BCUT2D eigenvalue weighted by Gasteiger charge is -2.07. The van der Waals surface area contributed by atoms with E-state index in [0.29, 0.717) is 29.5 Å². The SMILES string of the molecule is CCNC(=O)COc1ccc(NC(=O)/C=C/c2c(C)nn(Cc3ccccc3Cl)c2C)cc1. The van der Waals surface area contributed by atoms with E-state index in [1.165, 1.54) is 6.08 Å². The first-order chi connectivity index (χ1) is 15.9. The number of carbonyl (C=O) groups is 2. The number of rotatable bonds is 9. The lowest BCUT2D eigenvalue weighted by molar-refractivity contribution is -0.123. The third-order valence-electron chi connectivity index (χ3n) is 4.98. The standard InChI is InChI=1S/C25H27ClN4O3/c1-4-27-25(32)16-33-21-11-9-20(10-12-21)28-24(31)14-13-22-17(2)29-30(18(22)3)15-19-7-5-6-8-23(19)26/h5-14H,4,15-16H2,1-3H3,(H,27,32)(H,28,31)/b14-13+. The Morgan fingerprint density at radius 2 is 1.85 bits per heavy atom. The van der Waals surface area contributed by atoms with Crippen molar-refractivity contribution >= 4 is 35.2 Å². The zero-order chi connectivity index (χ0) is 23.8. The molecule has 3 rings (SSSR count). The van der Waals surface area contributed by atoms with Crippen molar-refractivity contribution in [2.24, 2.45) is 0 Å². The Bertz CT molecular complexity index is 1150. The molecule has 33 heavy (non-hydrogen) atoms. The number of likely N-dealkylation sites (N-methyl/N-ethyl adjacent to an activating group) is 1. The molecule has 172 valence electrons. The quantitative estimate of drug-likeness (QED) is 0.458. The molecule has 1 heterocycles. The molecule has 0 fully saturated rings. The third kappa shape index (κ3) is 6.70. The number of halogens is 1. The number of ether oxygens (including phenoxy) is 1. The minimum Gasteiger partial charge on any atom is -0.484 e. The predicted molar refractivity (Wildman–Crippen MR) is 131 cm³/mol. The molecule has 0 saturated heterocycles. The van der Waals surface area contributed by atoms with Crippen molar-refractivity contribution in [1.82, 2.24) is 15.1 Å². The molecule has 8 heteroatoms. The first kappa shape index (κ1) is 24.1. The Morgan fingerprint density at radius 1 is 1.12 bits per heavy atom. The van der Waals surface area contributed by atoms with Crippen molar-refractivity contribution in [3.8, 4) is 5.75 Å². The summed E-state index contributed by atoms with van der Waals surface area (Å²) in [7, 11) is 0. The second-order valence-corrected chi connectivity index (χ2v) is 7.83. The maximum Gasteiger partial charge on any atom is 0.257 e. The van der Waals surface area contributed by atoms with Crippen LogP contribution in [0, 0.1) is 13.8 Å². The highest BCUT2D eigenvalue weighted by Crippen LogP contribution is 2.21. The molecule has 0 unspecified atom stereocenters. The lowest BCUT2D eigenvalue weighted by atomic mass is 10.1. The van der Waals surface area contributed by atoms with E-state index in [4.69, 9.17) is 16.3 Å². The van der Waals surface area contributed by atoms with E-state index in [2.05, 4.69) is 15.7 Å². The number of hydrogen-bond acceptors (Lipinski definition) is 4. The van der Waals surface area contributed by atoms with Gasteiger partial charge in [0.2, 0.25) is 5.91 Å². The van der Waals surface area contributed by atoms with Crippen molar-refractivity contribution in [2.75, 3.05) is 18.5 Å². The maximum absolute atomic E-state index is 12.4. The van der Waals surface area contributed by atoms with Gasteiger partial charge in [0.15, 0.2) is 6.61 Å². The van der Waals surface area contributed by atoms with Gasteiger partial charge in [-0.15, -0.1) is 0 Å². The fourth-order valence-electron chi connectivity index (χ4n) is 3.27. The van der Waals surface area contributed by atoms with Gasteiger partial charge in [-0.3, -0.25) is 14.3 Å². The van der Waals surface area contributed by atoms with E-state index in [0.717, 1.165) is 22.5 Å². The first-order valence-corrected chi connectivity index (χ1v) is 11.0. The van der Waals surface area contributed by atoms with Crippen LogP contribution in [-0.2, 0) is 16.1 Å². The van der Waals surface area contributed by atoms with Gasteiger partial charge in [0, 0.05) is 34.6 Å². The molecule has 2 N–H and O–H groups in total. The van der Waals surface area contributed by atoms with Gasteiger partial charge in [0.25, 0.3) is 5.91 Å². The van der Waals surface area contributed by atoms with Crippen molar-refractivity contribution in [3.63, 3.8) is 0 Å². The second kappa shape index (κ2) is 11.3. The number of anilines is 1. The normalized spacial score (nSPS) is 10.9. The van der Waals surface area contributed by atoms with Crippen molar-refractivity contribution in [2.45, 2.75) is 27.3 Å². The molecule has 7 nitrogen and oxygen atoms in total. The monoisotopic (exact) mass is 466 g/mol. The molecule has 0 saturated carbocycles. The van der Waals surface area contributed by atoms with Gasteiger partial charge in [0.05, 0.1) is 12.2 Å². The third-order valence-corrected chi connectivity index (χ3v) is 5.35. The van der Waals surface area contributed by atoms with E-state index >= 15 is 0 Å². The Hall–Kier alpha value is -3.58. The summed E-state index contributed by atoms with van der Waals surface area (Å²) in [6.07, 6.45) is 3.25. The summed E-state index contributed by atoms with van der Waals surface area (Å²) in [5.74, 6) is 0.108. The molecule has 1 aromatic heterocycles. The molecular weight excluding hydrogens is 440 g/mol. The van der Waals surface area contributed by atoms with Crippen LogP contribution in [0.5, 0.6) is 5.75 Å². The minimum absolute atomic E-state index is 0.0505. The molecule has 0 aliphatic heterocycles. The first-order valence-electron chi connectivity index (χ1n) is 10.6. The van der Waals surface area contributed by atoms with E-state index < -0.39 is 0 Å². The smallest absolute Gasteiger partial charge is 0.257 e. The van der Waals surface area contributed by atoms with Crippen molar-refractivity contribution < 1.29 is 14.3 Å². The van der Waals surface area contributed by atoms with Gasteiger partial charge in [-0.05, 0) is 62.7 Å². The Kier molecular flexibility index (Phi) is 8.27. The van der Waals surface area contributed by atoms with Crippen LogP contribution in [0.2, 0.25) is 5.02 Å². The van der Waals surface area contributed by atoms with Gasteiger partial charge in [-0.1, -0.05) is 29.8 Å². The lowest BCUT2D eigenvalue weighted by Crippen LogP contribution is -2.28. The van der Waals surface area contributed by atoms with Crippen LogP contribution in [-0.4, -0.2) is 34.7 Å². The van der Waals surface area contributed by atoms with Gasteiger partial charge in [0.1, 0.15) is 5.75 Å². The van der Waals surface area contributed by atoms with Crippen LogP contribution >= 0.6 is 11.6 Å². The number of aromatic nitrogens is 2. The van der Waals surface area contributed by atoms with Crippen molar-refractivity contribution in [1.29, 1.82) is 0 Å². The van der Waals surface area contributed by atoms with Gasteiger partial charge >= 0.3 is 0 Å². The summed E-state index contributed by atoms with van der Waals surface area (Å²) in [6, 6.07) is 14.5. The Labute approximate surface area is 198 Å². The number of hydrogen-bond donors (Lipinski definition) is 2. The number of carbonyl (C=O) groups excluding carboxylic acids is 2. The molecule has 2 aromatic carbocycles. The number of nitrogens with one attached hydrogen (secondary N) is 2. The summed E-state index contributed by atoms with van der Waals surface area (Å²) in [6.45, 7) is 6.79. The van der Waals surface area contributed by atoms with Gasteiger partial charge in [-0.25, -0.2) is 0 Å². The van der Waals surface area contributed by atoms with E-state index in [-0.39, 0.29) is 18.4 Å². The topological polar surface area (TPSA) is 85.2 Å². The summed E-state index contributed by atoms with van der Waals surface area (Å²) in [5, 5.41) is 10.8. The average molecular weight is 467 g/mol. The molecule has 0 spiro atoms. The van der Waals surface area contributed by atoms with Gasteiger partial charge < -0.3 is 15.4 Å². The molecule has 0 radical (unpaired) electrons. The molecule has 0 bridgehead atoms. The van der Waals surface area contributed by atoms with E-state index in [9.17, 15) is 9.59 Å². The van der Waals surface area contributed by atoms with E-state index in [1.807, 2.05) is 49.7 Å². The zero-order valence-electron chi connectivity index (χ0n) is 18.9. The molecule has 0 atom stereocenters. The summed E-state index contributed by atoms with van der Waals surface area (Å²) < 4.78 is 7.29.